The van der Waals surface area contributed by atoms with Gasteiger partial charge >= 0.3 is 6.18 Å². The van der Waals surface area contributed by atoms with E-state index < -0.39 is 17.6 Å². The van der Waals surface area contributed by atoms with Gasteiger partial charge in [-0.05, 0) is 43.5 Å². The van der Waals surface area contributed by atoms with E-state index >= 15 is 0 Å². The highest BCUT2D eigenvalue weighted by Crippen LogP contribution is 2.43. The van der Waals surface area contributed by atoms with Crippen molar-refractivity contribution in [3.8, 4) is 11.4 Å². The summed E-state index contributed by atoms with van der Waals surface area (Å²) in [6.07, 6.45) is -0.716. The lowest BCUT2D eigenvalue weighted by atomic mass is 10.1. The van der Waals surface area contributed by atoms with Crippen LogP contribution in [0.15, 0.2) is 47.6 Å². The Hall–Kier alpha value is -3.73. The summed E-state index contributed by atoms with van der Waals surface area (Å²) in [5, 5.41) is 14.2. The van der Waals surface area contributed by atoms with E-state index in [4.69, 9.17) is 4.74 Å². The van der Waals surface area contributed by atoms with Crippen molar-refractivity contribution in [3.05, 3.63) is 59.4 Å². The van der Waals surface area contributed by atoms with E-state index in [0.717, 1.165) is 30.3 Å². The van der Waals surface area contributed by atoms with Crippen LogP contribution in [0.3, 0.4) is 0 Å². The minimum absolute atomic E-state index is 0.0124. The van der Waals surface area contributed by atoms with Crippen LogP contribution in [-0.2, 0) is 17.5 Å². The number of carbonyl (C=O) groups excluding carboxylic acids is 1. The number of halogens is 3. The minimum Gasteiger partial charge on any atom is -0.493 e. The normalized spacial score (nSPS) is 15.8. The molecule has 1 aliphatic heterocycles. The predicted octanol–water partition coefficient (Wildman–Crippen LogP) is 4.40. The van der Waals surface area contributed by atoms with Crippen molar-refractivity contribution in [3.63, 3.8) is 0 Å². The van der Waals surface area contributed by atoms with Gasteiger partial charge in [-0.2, -0.15) is 13.2 Å². The van der Waals surface area contributed by atoms with Crippen molar-refractivity contribution in [2.45, 2.75) is 44.9 Å². The molecule has 1 fully saturated rings. The molecular formula is C24H23F3N6O2. The van der Waals surface area contributed by atoms with Crippen LogP contribution in [0, 0.1) is 0 Å². The molecule has 0 radical (unpaired) electrons. The van der Waals surface area contributed by atoms with Crippen molar-refractivity contribution < 1.29 is 22.7 Å². The summed E-state index contributed by atoms with van der Waals surface area (Å²) in [5.74, 6) is -0.789. The van der Waals surface area contributed by atoms with Gasteiger partial charge < -0.3 is 15.4 Å². The zero-order chi connectivity index (χ0) is 24.6. The quantitative estimate of drug-likeness (QED) is 0.519. The first-order valence-electron chi connectivity index (χ1n) is 11.3. The topological polar surface area (TPSA) is 93.4 Å². The Morgan fingerprint density at radius 3 is 2.80 bits per heavy atom. The van der Waals surface area contributed by atoms with Gasteiger partial charge in [0.15, 0.2) is 0 Å². The highest BCUT2D eigenvalue weighted by molar-refractivity contribution is 6.17. The van der Waals surface area contributed by atoms with Gasteiger partial charge in [-0.15, -0.1) is 5.10 Å². The zero-order valence-electron chi connectivity index (χ0n) is 18.9. The number of hydrogen-bond donors (Lipinski definition) is 2. The van der Waals surface area contributed by atoms with E-state index in [0.29, 0.717) is 23.9 Å². The third kappa shape index (κ3) is 5.04. The van der Waals surface area contributed by atoms with Gasteiger partial charge in [-0.1, -0.05) is 17.3 Å². The van der Waals surface area contributed by atoms with Crippen LogP contribution in [0.4, 0.5) is 24.5 Å². The number of anilines is 1. The molecule has 2 N–H and O–H groups in total. The first-order valence-corrected chi connectivity index (χ1v) is 11.3. The highest BCUT2D eigenvalue weighted by Gasteiger charge is 2.36. The van der Waals surface area contributed by atoms with Crippen LogP contribution >= 0.6 is 0 Å². The van der Waals surface area contributed by atoms with Crippen LogP contribution < -0.4 is 15.4 Å². The molecule has 1 aliphatic carbocycles. The van der Waals surface area contributed by atoms with Crippen LogP contribution in [0.2, 0.25) is 0 Å². The van der Waals surface area contributed by atoms with E-state index in [1.54, 1.807) is 23.9 Å². The number of hydrogen-bond acceptors (Lipinski definition) is 6. The van der Waals surface area contributed by atoms with Crippen LogP contribution in [0.25, 0.3) is 5.69 Å². The third-order valence-corrected chi connectivity index (χ3v) is 5.75. The Bertz CT molecular complexity index is 1300. The molecule has 5 rings (SSSR count). The molecule has 0 bridgehead atoms. The fourth-order valence-electron chi connectivity index (χ4n) is 3.90. The van der Waals surface area contributed by atoms with Crippen LogP contribution in [0.1, 0.15) is 43.0 Å². The fraction of sp³-hybridized carbons (Fsp3) is 0.333. The average Bonchev–Trinajstić information content (AvgIpc) is 3.56. The lowest BCUT2D eigenvalue weighted by molar-refractivity contribution is -0.138. The Balaban J connectivity index is 1.52. The molecule has 3 aromatic rings. The van der Waals surface area contributed by atoms with Crippen molar-refractivity contribution in [2.24, 2.45) is 4.99 Å². The Morgan fingerprint density at radius 2 is 2.06 bits per heavy atom. The predicted molar refractivity (Wildman–Crippen MR) is 123 cm³/mol. The fourth-order valence-corrected chi connectivity index (χ4v) is 3.90. The van der Waals surface area contributed by atoms with E-state index in [2.05, 4.69) is 25.9 Å². The molecule has 0 spiro atoms. The van der Waals surface area contributed by atoms with Gasteiger partial charge in [-0.25, -0.2) is 9.67 Å². The summed E-state index contributed by atoms with van der Waals surface area (Å²) in [6.45, 7) is 2.29. The molecule has 8 nitrogen and oxygen atoms in total. The second kappa shape index (κ2) is 9.14. The smallest absolute Gasteiger partial charge is 0.420 e. The molecule has 11 heteroatoms. The molecule has 35 heavy (non-hydrogen) atoms. The molecule has 0 atom stereocenters. The summed E-state index contributed by atoms with van der Waals surface area (Å²) in [5.41, 5.74) is 1.92. The van der Waals surface area contributed by atoms with Gasteiger partial charge in [0.25, 0.3) is 0 Å². The van der Waals surface area contributed by atoms with E-state index in [9.17, 15) is 18.0 Å². The molecule has 2 heterocycles. The number of rotatable bonds is 7. The number of amides is 1. The standard InChI is InChI=1S/C24H23F3N6O2/c1-2-35-22-10-21-20(9-18(22)24(25,26)27)31-23(34)11-19(30-21)14-4-3-5-16(8-14)33-17(13-29-32-33)12-28-15-6-7-15/h3-5,8-10,13,15,28H,2,6-7,11-12H2,1H3,(H,31,34). The summed E-state index contributed by atoms with van der Waals surface area (Å²) >= 11 is 0. The van der Waals surface area contributed by atoms with Crippen molar-refractivity contribution in [2.75, 3.05) is 11.9 Å². The summed E-state index contributed by atoms with van der Waals surface area (Å²) in [4.78, 5) is 17.2. The molecular weight excluding hydrogens is 461 g/mol. The van der Waals surface area contributed by atoms with Crippen molar-refractivity contribution in [1.29, 1.82) is 0 Å². The van der Waals surface area contributed by atoms with Gasteiger partial charge in [-0.3, -0.25) is 4.79 Å². The van der Waals surface area contributed by atoms with E-state index in [1.807, 2.05) is 18.2 Å². The average molecular weight is 484 g/mol. The molecule has 0 unspecified atom stereocenters. The van der Waals surface area contributed by atoms with Crippen molar-refractivity contribution in [1.82, 2.24) is 20.3 Å². The number of benzene rings is 2. The maximum Gasteiger partial charge on any atom is 0.420 e. The lowest BCUT2D eigenvalue weighted by Crippen LogP contribution is -2.18. The van der Waals surface area contributed by atoms with Crippen molar-refractivity contribution >= 4 is 23.0 Å². The van der Waals surface area contributed by atoms with Gasteiger partial charge in [0.05, 0.1) is 53.3 Å². The minimum atomic E-state index is -4.64. The second-order valence-corrected chi connectivity index (χ2v) is 8.42. The van der Waals surface area contributed by atoms with Crippen LogP contribution in [-0.4, -0.2) is 39.3 Å². The number of fused-ring (bicyclic) bond motifs is 1. The largest absolute Gasteiger partial charge is 0.493 e. The summed E-state index contributed by atoms with van der Waals surface area (Å²) in [6, 6.07) is 9.93. The monoisotopic (exact) mass is 484 g/mol. The van der Waals surface area contributed by atoms with Gasteiger partial charge in [0, 0.05) is 18.7 Å². The Morgan fingerprint density at radius 1 is 1.23 bits per heavy atom. The summed E-state index contributed by atoms with van der Waals surface area (Å²) < 4.78 is 47.6. The Kier molecular flexibility index (Phi) is 6.01. The molecule has 1 amide bonds. The number of aliphatic imine (C=N–C) groups is 1. The van der Waals surface area contributed by atoms with Gasteiger partial charge in [0.1, 0.15) is 5.75 Å². The molecule has 1 saturated carbocycles. The number of ether oxygens (including phenoxy) is 1. The molecule has 2 aromatic carbocycles. The molecule has 0 saturated heterocycles. The number of nitrogens with one attached hydrogen (secondary N) is 2. The molecule has 1 aromatic heterocycles. The third-order valence-electron chi connectivity index (χ3n) is 5.75. The maximum atomic E-state index is 13.5. The molecule has 2 aliphatic rings. The second-order valence-electron chi connectivity index (χ2n) is 8.42. The molecule has 182 valence electrons. The number of nitrogens with zero attached hydrogens (tertiary/aromatic N) is 4. The Labute approximate surface area is 199 Å². The van der Waals surface area contributed by atoms with E-state index in [-0.39, 0.29) is 30.2 Å². The maximum absolute atomic E-state index is 13.5. The summed E-state index contributed by atoms with van der Waals surface area (Å²) in [7, 11) is 0. The van der Waals surface area contributed by atoms with Crippen LogP contribution in [0.5, 0.6) is 5.75 Å². The first-order chi connectivity index (χ1) is 16.8. The lowest BCUT2D eigenvalue weighted by Gasteiger charge is -2.16. The highest BCUT2D eigenvalue weighted by atomic mass is 19.4. The SMILES string of the molecule is CCOc1cc2c(cc1C(F)(F)F)NC(=O)CC(c1cccc(-n3nncc3CNC3CC3)c1)=N2. The number of aromatic nitrogens is 3. The number of alkyl halides is 3. The number of carbonyl (C=O) groups is 1. The first kappa shape index (κ1) is 23.0. The van der Waals surface area contributed by atoms with Gasteiger partial charge in [0.2, 0.25) is 5.91 Å². The van der Waals surface area contributed by atoms with E-state index in [1.165, 1.54) is 6.07 Å². The zero-order valence-corrected chi connectivity index (χ0v) is 18.9.